The van der Waals surface area contributed by atoms with Gasteiger partial charge in [-0.2, -0.15) is 0 Å². The van der Waals surface area contributed by atoms with E-state index in [0.717, 1.165) is 12.7 Å². The molecule has 0 saturated carbocycles. The Labute approximate surface area is 213 Å². The minimum Gasteiger partial charge on any atom is -0.495 e. The molecule has 2 aromatic rings. The summed E-state index contributed by atoms with van der Waals surface area (Å²) in [6.07, 6.45) is 1.98. The molecule has 0 aliphatic heterocycles. The van der Waals surface area contributed by atoms with Crippen molar-refractivity contribution >= 4 is 27.5 Å². The van der Waals surface area contributed by atoms with Crippen LogP contribution in [0.25, 0.3) is 0 Å². The van der Waals surface area contributed by atoms with Crippen LogP contribution in [0.15, 0.2) is 48.5 Å². The van der Waals surface area contributed by atoms with Crippen molar-refractivity contribution in [3.05, 3.63) is 59.9 Å². The van der Waals surface area contributed by atoms with E-state index >= 15 is 0 Å². The molecular weight excluding hydrogens is 485 g/mol. The molecule has 0 unspecified atom stereocenters. The molecule has 0 aliphatic rings. The molecule has 2 rings (SSSR count). The number of anilines is 1. The molecule has 2 amide bonds. The molecule has 0 aliphatic carbocycles. The van der Waals surface area contributed by atoms with Gasteiger partial charge in [0.1, 0.15) is 17.6 Å². The van der Waals surface area contributed by atoms with Gasteiger partial charge >= 0.3 is 0 Å². The number of nitrogens with zero attached hydrogens (tertiary/aromatic N) is 2. The van der Waals surface area contributed by atoms with E-state index in [0.29, 0.717) is 17.0 Å². The van der Waals surface area contributed by atoms with Crippen LogP contribution in [-0.2, 0) is 26.2 Å². The third-order valence-corrected chi connectivity index (χ3v) is 7.15. The van der Waals surface area contributed by atoms with Crippen molar-refractivity contribution in [1.82, 2.24) is 10.2 Å². The van der Waals surface area contributed by atoms with Crippen LogP contribution in [-0.4, -0.2) is 57.1 Å². The van der Waals surface area contributed by atoms with E-state index in [1.807, 2.05) is 13.8 Å². The summed E-state index contributed by atoms with van der Waals surface area (Å²) in [7, 11) is -2.20. The normalized spacial score (nSPS) is 12.9. The first-order chi connectivity index (χ1) is 17.0. The number of methoxy groups -OCH3 is 1. The van der Waals surface area contributed by atoms with Crippen molar-refractivity contribution < 1.29 is 27.1 Å². The summed E-state index contributed by atoms with van der Waals surface area (Å²) in [4.78, 5) is 27.4. The number of benzene rings is 2. The van der Waals surface area contributed by atoms with Crippen molar-refractivity contribution in [1.29, 1.82) is 0 Å². The number of hydrogen-bond donors (Lipinski definition) is 1. The van der Waals surface area contributed by atoms with Gasteiger partial charge in [-0.15, -0.1) is 0 Å². The minimum atomic E-state index is -3.65. The first kappa shape index (κ1) is 29.1. The number of halogens is 1. The maximum Gasteiger partial charge on any atom is 0.242 e. The van der Waals surface area contributed by atoms with Gasteiger partial charge in [-0.05, 0) is 44.9 Å². The maximum atomic E-state index is 14.4. The number of hydrogen-bond acceptors (Lipinski definition) is 5. The van der Waals surface area contributed by atoms with Crippen LogP contribution < -0.4 is 14.4 Å². The van der Waals surface area contributed by atoms with Gasteiger partial charge in [0.05, 0.1) is 19.1 Å². The third kappa shape index (κ3) is 7.94. The Morgan fingerprint density at radius 3 is 2.33 bits per heavy atom. The molecule has 0 radical (unpaired) electrons. The smallest absolute Gasteiger partial charge is 0.242 e. The second kappa shape index (κ2) is 13.2. The second-order valence-corrected chi connectivity index (χ2v) is 10.6. The lowest BCUT2D eigenvalue weighted by Crippen LogP contribution is -2.49. The highest BCUT2D eigenvalue weighted by atomic mass is 32.2. The molecule has 0 saturated heterocycles. The molecule has 8 nitrogen and oxygen atoms in total. The van der Waals surface area contributed by atoms with E-state index in [2.05, 4.69) is 5.32 Å². The van der Waals surface area contributed by atoms with Crippen molar-refractivity contribution in [2.24, 2.45) is 0 Å². The Balaban J connectivity index is 2.21. The Hall–Kier alpha value is -3.14. The Bertz CT molecular complexity index is 1140. The molecule has 0 bridgehead atoms. The van der Waals surface area contributed by atoms with Crippen LogP contribution >= 0.6 is 0 Å². The topological polar surface area (TPSA) is 96.0 Å². The number of amides is 2. The average molecular weight is 522 g/mol. The molecule has 0 fully saturated rings. The van der Waals surface area contributed by atoms with Crippen LogP contribution in [0.4, 0.5) is 10.1 Å². The zero-order chi connectivity index (χ0) is 26.9. The summed E-state index contributed by atoms with van der Waals surface area (Å²) >= 11 is 0. The van der Waals surface area contributed by atoms with E-state index in [1.54, 1.807) is 49.4 Å². The lowest BCUT2D eigenvalue weighted by molar-refractivity contribution is -0.141. The van der Waals surface area contributed by atoms with Gasteiger partial charge in [-0.1, -0.05) is 37.3 Å². The maximum absolute atomic E-state index is 14.4. The van der Waals surface area contributed by atoms with Crippen LogP contribution in [0.5, 0.6) is 5.75 Å². The van der Waals surface area contributed by atoms with Crippen LogP contribution in [0.1, 0.15) is 45.6 Å². The van der Waals surface area contributed by atoms with Crippen molar-refractivity contribution in [3.63, 3.8) is 0 Å². The number of carbonyl (C=O) groups is 2. The highest BCUT2D eigenvalue weighted by Crippen LogP contribution is 2.29. The zero-order valence-corrected chi connectivity index (χ0v) is 22.3. The summed E-state index contributed by atoms with van der Waals surface area (Å²) < 4.78 is 45.9. The van der Waals surface area contributed by atoms with Crippen LogP contribution in [0.2, 0.25) is 0 Å². The van der Waals surface area contributed by atoms with Gasteiger partial charge in [0, 0.05) is 31.1 Å². The van der Waals surface area contributed by atoms with E-state index < -0.39 is 21.9 Å². The number of nitrogens with one attached hydrogen (secondary N) is 1. The van der Waals surface area contributed by atoms with Gasteiger partial charge in [0.15, 0.2) is 0 Å². The third-order valence-electron chi connectivity index (χ3n) is 5.97. The molecule has 198 valence electrons. The van der Waals surface area contributed by atoms with Gasteiger partial charge in [0.2, 0.25) is 21.8 Å². The summed E-state index contributed by atoms with van der Waals surface area (Å²) in [6, 6.07) is 11.9. The predicted molar refractivity (Wildman–Crippen MR) is 139 cm³/mol. The average Bonchev–Trinajstić information content (AvgIpc) is 2.84. The molecule has 0 heterocycles. The highest BCUT2D eigenvalue weighted by Gasteiger charge is 2.28. The number of carbonyl (C=O) groups excluding carboxylic acids is 2. The van der Waals surface area contributed by atoms with E-state index in [4.69, 9.17) is 4.74 Å². The largest absolute Gasteiger partial charge is 0.495 e. The van der Waals surface area contributed by atoms with E-state index in [9.17, 15) is 22.4 Å². The van der Waals surface area contributed by atoms with Crippen LogP contribution in [0, 0.1) is 5.82 Å². The highest BCUT2D eigenvalue weighted by molar-refractivity contribution is 7.92. The quantitative estimate of drug-likeness (QED) is 0.434. The Morgan fingerprint density at radius 1 is 1.08 bits per heavy atom. The summed E-state index contributed by atoms with van der Waals surface area (Å²) in [5, 5.41) is 2.87. The second-order valence-electron chi connectivity index (χ2n) is 8.72. The number of rotatable bonds is 13. The SMILES string of the molecule is CC[C@H](C)NC(=O)[C@@H](C)N(Cc1ccccc1F)C(=O)CCCN(c1ccccc1OC)S(C)(=O)=O. The molecule has 0 aromatic heterocycles. The molecular formula is C26H36FN3O5S. The van der Waals surface area contributed by atoms with E-state index in [-0.39, 0.29) is 43.8 Å². The van der Waals surface area contributed by atoms with Crippen molar-refractivity contribution in [2.75, 3.05) is 24.2 Å². The van der Waals surface area contributed by atoms with Gasteiger partial charge in [-0.25, -0.2) is 12.8 Å². The van der Waals surface area contributed by atoms with Crippen LogP contribution in [0.3, 0.4) is 0 Å². The fourth-order valence-electron chi connectivity index (χ4n) is 3.68. The number of sulfonamides is 1. The summed E-state index contributed by atoms with van der Waals surface area (Å²) in [6.45, 7) is 5.36. The monoisotopic (exact) mass is 521 g/mol. The number of ether oxygens (including phenoxy) is 1. The lowest BCUT2D eigenvalue weighted by Gasteiger charge is -2.30. The fourth-order valence-corrected chi connectivity index (χ4v) is 4.65. The molecule has 10 heteroatoms. The number of para-hydroxylation sites is 2. The van der Waals surface area contributed by atoms with Gasteiger partial charge in [0.25, 0.3) is 0 Å². The molecule has 2 atom stereocenters. The molecule has 2 aromatic carbocycles. The fraction of sp³-hybridized carbons (Fsp3) is 0.462. The molecule has 1 N–H and O–H groups in total. The minimum absolute atomic E-state index is 0.0312. The van der Waals surface area contributed by atoms with Gasteiger partial charge in [-0.3, -0.25) is 13.9 Å². The predicted octanol–water partition coefficient (Wildman–Crippen LogP) is 3.71. The summed E-state index contributed by atoms with van der Waals surface area (Å²) in [5.74, 6) is -0.783. The first-order valence-electron chi connectivity index (χ1n) is 11.9. The summed E-state index contributed by atoms with van der Waals surface area (Å²) in [5.41, 5.74) is 0.667. The Kier molecular flexibility index (Phi) is 10.7. The zero-order valence-electron chi connectivity index (χ0n) is 21.5. The van der Waals surface area contributed by atoms with Crippen molar-refractivity contribution in [2.45, 2.75) is 58.7 Å². The molecule has 36 heavy (non-hydrogen) atoms. The molecule has 0 spiro atoms. The standard InChI is InChI=1S/C26H36FN3O5S/c1-6-19(2)28-26(32)20(3)29(18-21-12-7-8-13-22(21)27)25(31)16-11-17-30(36(5,33)34)23-14-9-10-15-24(23)35-4/h7-10,12-15,19-20H,6,11,16-18H2,1-5H3,(H,28,32)/t19-,20+/m0/s1. The lowest BCUT2D eigenvalue weighted by atomic mass is 10.1. The van der Waals surface area contributed by atoms with E-state index in [1.165, 1.54) is 22.4 Å². The van der Waals surface area contributed by atoms with Crippen molar-refractivity contribution in [3.8, 4) is 5.75 Å². The van der Waals surface area contributed by atoms with Gasteiger partial charge < -0.3 is 15.0 Å². The first-order valence-corrected chi connectivity index (χ1v) is 13.8. The Morgan fingerprint density at radius 2 is 1.72 bits per heavy atom.